The van der Waals surface area contributed by atoms with Crippen molar-refractivity contribution in [3.63, 3.8) is 0 Å². The van der Waals surface area contributed by atoms with Crippen LogP contribution in [0, 0.1) is 5.41 Å². The number of carbonyl (C=O) groups is 3. The van der Waals surface area contributed by atoms with Crippen LogP contribution in [0.3, 0.4) is 0 Å². The summed E-state index contributed by atoms with van der Waals surface area (Å²) in [5, 5.41) is 21.0. The quantitative estimate of drug-likeness (QED) is 0.407. The minimum atomic E-state index is -1.82. The van der Waals surface area contributed by atoms with Gasteiger partial charge in [-0.15, -0.1) is 0 Å². The van der Waals surface area contributed by atoms with Crippen molar-refractivity contribution >= 4 is 17.8 Å². The Labute approximate surface area is 98.2 Å². The predicted molar refractivity (Wildman–Crippen MR) is 57.4 cm³/mol. The zero-order valence-corrected chi connectivity index (χ0v) is 9.36. The van der Waals surface area contributed by atoms with Crippen LogP contribution in [0.4, 0.5) is 0 Å². The van der Waals surface area contributed by atoms with E-state index in [1.165, 1.54) is 12.8 Å². The maximum atomic E-state index is 11.0. The number of hydrogen-bond acceptors (Lipinski definition) is 4. The number of carboxylic acid groups (broad SMARTS) is 2. The Morgan fingerprint density at radius 2 is 1.82 bits per heavy atom. The largest absolute Gasteiger partial charge is 0.473 e. The predicted octanol–water partition coefficient (Wildman–Crippen LogP) is -0.968. The van der Waals surface area contributed by atoms with Gasteiger partial charge in [0.15, 0.2) is 0 Å². The Morgan fingerprint density at radius 3 is 2.18 bits per heavy atom. The van der Waals surface area contributed by atoms with E-state index in [1.807, 2.05) is 0 Å². The minimum absolute atomic E-state index is 0.230. The molecule has 0 aromatic carbocycles. The first-order chi connectivity index (χ1) is 7.95. The fourth-order valence-corrected chi connectivity index (χ4v) is 2.08. The molecular formula is C10H16N2O5. The minimum Gasteiger partial charge on any atom is -0.473 e. The molecular weight excluding hydrogens is 228 g/mol. The van der Waals surface area contributed by atoms with Gasteiger partial charge in [0.05, 0.1) is 0 Å². The van der Waals surface area contributed by atoms with E-state index in [0.717, 1.165) is 26.1 Å². The van der Waals surface area contributed by atoms with Gasteiger partial charge in [0.1, 0.15) is 0 Å². The van der Waals surface area contributed by atoms with Crippen LogP contribution in [0.1, 0.15) is 19.3 Å². The summed E-state index contributed by atoms with van der Waals surface area (Å²) in [5.41, 5.74) is 0.273. The smallest absolute Gasteiger partial charge is 0.414 e. The zero-order chi connectivity index (χ0) is 12.9. The molecule has 0 aromatic heterocycles. The highest BCUT2D eigenvalue weighted by atomic mass is 16.4. The van der Waals surface area contributed by atoms with Crippen molar-refractivity contribution in [3.05, 3.63) is 0 Å². The number of hydrogen-bond donors (Lipinski definition) is 4. The third-order valence-electron chi connectivity index (χ3n) is 2.94. The number of nitrogens with one attached hydrogen (secondary N) is 2. The van der Waals surface area contributed by atoms with E-state index in [-0.39, 0.29) is 11.3 Å². The first-order valence-electron chi connectivity index (χ1n) is 5.39. The molecule has 0 aliphatic carbocycles. The molecule has 96 valence electrons. The van der Waals surface area contributed by atoms with Gasteiger partial charge < -0.3 is 20.8 Å². The maximum Gasteiger partial charge on any atom is 0.414 e. The van der Waals surface area contributed by atoms with Gasteiger partial charge in [0, 0.05) is 24.9 Å². The molecule has 4 N–H and O–H groups in total. The van der Waals surface area contributed by atoms with Crippen molar-refractivity contribution in [2.45, 2.75) is 19.3 Å². The van der Waals surface area contributed by atoms with Crippen LogP contribution in [0.5, 0.6) is 0 Å². The van der Waals surface area contributed by atoms with Gasteiger partial charge in [0.2, 0.25) is 5.91 Å². The Balaban J connectivity index is 0.000000209. The molecule has 2 rings (SSSR count). The molecule has 0 radical (unpaired) electrons. The van der Waals surface area contributed by atoms with E-state index in [9.17, 15) is 4.79 Å². The lowest BCUT2D eigenvalue weighted by atomic mass is 9.80. The molecule has 2 heterocycles. The van der Waals surface area contributed by atoms with Crippen molar-refractivity contribution in [1.82, 2.24) is 10.6 Å². The summed E-state index contributed by atoms with van der Waals surface area (Å²) in [6.07, 6.45) is 3.16. The first kappa shape index (κ1) is 13.4. The van der Waals surface area contributed by atoms with E-state index in [0.29, 0.717) is 0 Å². The lowest BCUT2D eigenvalue weighted by Crippen LogP contribution is -2.41. The molecule has 1 spiro atoms. The molecule has 0 aromatic rings. The van der Waals surface area contributed by atoms with Crippen LogP contribution in [-0.4, -0.2) is 47.7 Å². The highest BCUT2D eigenvalue weighted by Gasteiger charge is 2.38. The van der Waals surface area contributed by atoms with Crippen molar-refractivity contribution in [2.75, 3.05) is 19.6 Å². The van der Waals surface area contributed by atoms with Crippen LogP contribution in [0.2, 0.25) is 0 Å². The Hall–Kier alpha value is -1.63. The second kappa shape index (κ2) is 5.62. The first-order valence-corrected chi connectivity index (χ1v) is 5.39. The summed E-state index contributed by atoms with van der Waals surface area (Å²) in [4.78, 5) is 29.2. The lowest BCUT2D eigenvalue weighted by Gasteiger charge is -2.31. The van der Waals surface area contributed by atoms with Gasteiger partial charge in [-0.05, 0) is 19.4 Å². The molecule has 1 atom stereocenters. The highest BCUT2D eigenvalue weighted by Crippen LogP contribution is 2.32. The van der Waals surface area contributed by atoms with Gasteiger partial charge in [0.25, 0.3) is 0 Å². The van der Waals surface area contributed by atoms with Crippen LogP contribution in [0.25, 0.3) is 0 Å². The monoisotopic (exact) mass is 244 g/mol. The summed E-state index contributed by atoms with van der Waals surface area (Å²) in [6.45, 7) is 3.03. The summed E-state index contributed by atoms with van der Waals surface area (Å²) in [7, 11) is 0. The summed E-state index contributed by atoms with van der Waals surface area (Å²) >= 11 is 0. The van der Waals surface area contributed by atoms with Crippen LogP contribution >= 0.6 is 0 Å². The molecule has 7 nitrogen and oxygen atoms in total. The van der Waals surface area contributed by atoms with Crippen LogP contribution in [-0.2, 0) is 14.4 Å². The highest BCUT2D eigenvalue weighted by molar-refractivity contribution is 6.27. The summed E-state index contributed by atoms with van der Waals surface area (Å²) < 4.78 is 0. The van der Waals surface area contributed by atoms with Crippen molar-refractivity contribution in [2.24, 2.45) is 5.41 Å². The van der Waals surface area contributed by atoms with Gasteiger partial charge in [-0.3, -0.25) is 4.79 Å². The number of amides is 1. The van der Waals surface area contributed by atoms with E-state index >= 15 is 0 Å². The molecule has 2 aliphatic rings. The molecule has 1 unspecified atom stereocenters. The van der Waals surface area contributed by atoms with E-state index in [1.54, 1.807) is 0 Å². The Morgan fingerprint density at radius 1 is 1.18 bits per heavy atom. The maximum absolute atomic E-state index is 11.0. The molecule has 1 amide bonds. The fraction of sp³-hybridized carbons (Fsp3) is 0.700. The molecule has 2 aliphatic heterocycles. The van der Waals surface area contributed by atoms with E-state index in [2.05, 4.69) is 10.6 Å². The van der Waals surface area contributed by atoms with Gasteiger partial charge in [-0.1, -0.05) is 0 Å². The van der Waals surface area contributed by atoms with Crippen molar-refractivity contribution < 1.29 is 24.6 Å². The average molecular weight is 244 g/mol. The number of carboxylic acids is 2. The van der Waals surface area contributed by atoms with E-state index < -0.39 is 11.9 Å². The summed E-state index contributed by atoms with van der Waals surface area (Å²) in [6, 6.07) is 0. The average Bonchev–Trinajstić information content (AvgIpc) is 2.61. The molecule has 7 heteroatoms. The second-order valence-electron chi connectivity index (χ2n) is 4.34. The third kappa shape index (κ3) is 4.03. The summed E-state index contributed by atoms with van der Waals surface area (Å²) in [5.74, 6) is -3.42. The van der Waals surface area contributed by atoms with Crippen LogP contribution in [0.15, 0.2) is 0 Å². The van der Waals surface area contributed by atoms with Crippen molar-refractivity contribution in [1.29, 1.82) is 0 Å². The normalized spacial score (nSPS) is 26.9. The van der Waals surface area contributed by atoms with Gasteiger partial charge in [-0.25, -0.2) is 9.59 Å². The lowest BCUT2D eigenvalue weighted by molar-refractivity contribution is -0.159. The number of piperidine rings is 1. The number of aliphatic carboxylic acids is 2. The third-order valence-corrected chi connectivity index (χ3v) is 2.94. The zero-order valence-electron chi connectivity index (χ0n) is 9.36. The molecule has 0 bridgehead atoms. The number of rotatable bonds is 0. The molecule has 2 fully saturated rings. The molecule has 0 saturated carbocycles. The standard InChI is InChI=1S/C8H14N2O.C2H2O4/c11-7-4-8(6-10-7)2-1-3-9-5-8;3-1(4)2(5)6/h9H,1-6H2,(H,10,11);(H,3,4)(H,5,6). The Bertz CT molecular complexity index is 311. The topological polar surface area (TPSA) is 116 Å². The Kier molecular flexibility index (Phi) is 4.45. The van der Waals surface area contributed by atoms with E-state index in [4.69, 9.17) is 19.8 Å². The van der Waals surface area contributed by atoms with Crippen molar-refractivity contribution in [3.8, 4) is 0 Å². The fourth-order valence-electron chi connectivity index (χ4n) is 2.08. The number of carbonyl (C=O) groups excluding carboxylic acids is 1. The van der Waals surface area contributed by atoms with Crippen LogP contribution < -0.4 is 10.6 Å². The van der Waals surface area contributed by atoms with Gasteiger partial charge in [-0.2, -0.15) is 0 Å². The second-order valence-corrected chi connectivity index (χ2v) is 4.34. The SMILES string of the molecule is O=C(O)C(=O)O.O=C1CC2(CCCNC2)CN1. The van der Waals surface area contributed by atoms with Gasteiger partial charge >= 0.3 is 11.9 Å². The molecule has 17 heavy (non-hydrogen) atoms. The molecule has 2 saturated heterocycles.